The van der Waals surface area contributed by atoms with Crippen LogP contribution in [0.1, 0.15) is 0 Å². The van der Waals surface area contributed by atoms with Gasteiger partial charge in [-0.2, -0.15) is 9.50 Å². The summed E-state index contributed by atoms with van der Waals surface area (Å²) < 4.78 is 0.941. The Morgan fingerprint density at radius 1 is 1.25 bits per heavy atom. The van der Waals surface area contributed by atoms with Crippen LogP contribution in [0.25, 0.3) is 16.6 Å². The van der Waals surface area contributed by atoms with Crippen LogP contribution in [0.4, 0.5) is 0 Å². The standard InChI is InChI=1S/C9H5ClN4O2/c10-4-1-2-5-6(3-4)11-8(15)14-7(5)12-13-9(14)16/h1-3H,(H,11,15)(H,13,16). The molecule has 3 rings (SSSR count). The van der Waals surface area contributed by atoms with E-state index in [9.17, 15) is 9.59 Å². The number of H-pyrrole nitrogens is 2. The van der Waals surface area contributed by atoms with Crippen molar-refractivity contribution in [3.8, 4) is 0 Å². The maximum atomic E-state index is 11.6. The third-order valence-corrected chi connectivity index (χ3v) is 2.57. The van der Waals surface area contributed by atoms with Gasteiger partial charge in [-0.25, -0.2) is 14.7 Å². The third kappa shape index (κ3) is 1.10. The fourth-order valence-electron chi connectivity index (χ4n) is 1.65. The van der Waals surface area contributed by atoms with Gasteiger partial charge in [0.25, 0.3) is 0 Å². The van der Waals surface area contributed by atoms with Crippen LogP contribution in [0.3, 0.4) is 0 Å². The van der Waals surface area contributed by atoms with E-state index in [1.54, 1.807) is 18.2 Å². The zero-order chi connectivity index (χ0) is 11.3. The Morgan fingerprint density at radius 2 is 2.06 bits per heavy atom. The smallest absolute Gasteiger partial charge is 0.306 e. The predicted molar refractivity (Wildman–Crippen MR) is 58.9 cm³/mol. The van der Waals surface area contributed by atoms with Gasteiger partial charge >= 0.3 is 11.4 Å². The van der Waals surface area contributed by atoms with Crippen molar-refractivity contribution in [2.75, 3.05) is 0 Å². The zero-order valence-corrected chi connectivity index (χ0v) is 8.58. The molecule has 0 unspecified atom stereocenters. The first-order valence-corrected chi connectivity index (χ1v) is 4.83. The van der Waals surface area contributed by atoms with Crippen molar-refractivity contribution in [2.45, 2.75) is 0 Å². The van der Waals surface area contributed by atoms with Crippen molar-refractivity contribution in [1.82, 2.24) is 19.6 Å². The van der Waals surface area contributed by atoms with E-state index in [-0.39, 0.29) is 0 Å². The van der Waals surface area contributed by atoms with Crippen molar-refractivity contribution in [1.29, 1.82) is 0 Å². The molecule has 0 aliphatic carbocycles. The first-order valence-electron chi connectivity index (χ1n) is 4.45. The van der Waals surface area contributed by atoms with Crippen molar-refractivity contribution >= 4 is 28.2 Å². The van der Waals surface area contributed by atoms with Crippen LogP contribution in [0, 0.1) is 0 Å². The first kappa shape index (κ1) is 9.17. The summed E-state index contributed by atoms with van der Waals surface area (Å²) in [5, 5.41) is 7.19. The van der Waals surface area contributed by atoms with Gasteiger partial charge in [-0.1, -0.05) is 11.6 Å². The average Bonchev–Trinajstić information content (AvgIpc) is 2.61. The summed E-state index contributed by atoms with van der Waals surface area (Å²) in [5.41, 5.74) is -0.263. The van der Waals surface area contributed by atoms with E-state index in [1.807, 2.05) is 0 Å². The van der Waals surface area contributed by atoms with Crippen LogP contribution in [0.15, 0.2) is 27.8 Å². The van der Waals surface area contributed by atoms with E-state index in [1.165, 1.54) is 0 Å². The molecule has 1 aromatic carbocycles. The highest BCUT2D eigenvalue weighted by atomic mass is 35.5. The molecule has 2 N–H and O–H groups in total. The van der Waals surface area contributed by atoms with Crippen LogP contribution in [-0.2, 0) is 0 Å². The molecular formula is C9H5ClN4O2. The first-order chi connectivity index (χ1) is 7.66. The molecule has 0 spiro atoms. The second kappa shape index (κ2) is 2.96. The summed E-state index contributed by atoms with van der Waals surface area (Å²) in [6.45, 7) is 0. The molecule has 0 bridgehead atoms. The molecule has 0 saturated heterocycles. The lowest BCUT2D eigenvalue weighted by Crippen LogP contribution is -2.25. The molecule has 80 valence electrons. The molecule has 0 aliphatic heterocycles. The minimum atomic E-state index is -0.562. The number of aromatic amines is 2. The predicted octanol–water partition coefficient (Wildman–Crippen LogP) is 0.517. The Labute approximate surface area is 92.5 Å². The monoisotopic (exact) mass is 236 g/mol. The van der Waals surface area contributed by atoms with Gasteiger partial charge in [-0.15, -0.1) is 0 Å². The highest BCUT2D eigenvalue weighted by Gasteiger charge is 2.08. The summed E-state index contributed by atoms with van der Waals surface area (Å²) in [6, 6.07) is 4.97. The minimum Gasteiger partial charge on any atom is -0.306 e. The van der Waals surface area contributed by atoms with E-state index in [4.69, 9.17) is 11.6 Å². The van der Waals surface area contributed by atoms with E-state index in [0.717, 1.165) is 4.40 Å². The SMILES string of the molecule is O=c1[nH]nc2c3ccc(Cl)cc3[nH]c(=O)n12. The quantitative estimate of drug-likeness (QED) is 0.597. The van der Waals surface area contributed by atoms with Gasteiger partial charge in [0.1, 0.15) is 0 Å². The summed E-state index contributed by atoms with van der Waals surface area (Å²) >= 11 is 5.81. The molecule has 0 saturated carbocycles. The molecule has 0 aliphatic rings. The summed E-state index contributed by atoms with van der Waals surface area (Å²) in [5.74, 6) is 0. The zero-order valence-electron chi connectivity index (χ0n) is 7.82. The molecule has 0 radical (unpaired) electrons. The molecule has 2 heterocycles. The number of benzene rings is 1. The highest BCUT2D eigenvalue weighted by Crippen LogP contribution is 2.18. The van der Waals surface area contributed by atoms with Crippen LogP contribution in [-0.4, -0.2) is 19.6 Å². The maximum absolute atomic E-state index is 11.6. The number of fused-ring (bicyclic) bond motifs is 3. The van der Waals surface area contributed by atoms with Gasteiger partial charge in [-0.3, -0.25) is 0 Å². The molecule has 6 nitrogen and oxygen atoms in total. The molecule has 16 heavy (non-hydrogen) atoms. The van der Waals surface area contributed by atoms with Gasteiger partial charge in [-0.05, 0) is 18.2 Å². The molecular weight excluding hydrogens is 232 g/mol. The molecule has 7 heteroatoms. The van der Waals surface area contributed by atoms with Gasteiger partial charge in [0.15, 0.2) is 5.65 Å². The summed E-state index contributed by atoms with van der Waals surface area (Å²) in [4.78, 5) is 25.5. The van der Waals surface area contributed by atoms with Crippen LogP contribution in [0.2, 0.25) is 5.02 Å². The van der Waals surface area contributed by atoms with Crippen molar-refractivity contribution < 1.29 is 0 Å². The van der Waals surface area contributed by atoms with Crippen molar-refractivity contribution in [3.63, 3.8) is 0 Å². The lowest BCUT2D eigenvalue weighted by molar-refractivity contribution is 0.958. The van der Waals surface area contributed by atoms with E-state index < -0.39 is 11.4 Å². The number of aromatic nitrogens is 4. The Kier molecular flexibility index (Phi) is 1.69. The molecule has 0 fully saturated rings. The number of nitrogens with zero attached hydrogens (tertiary/aromatic N) is 2. The minimum absolute atomic E-state index is 0.292. The normalized spacial score (nSPS) is 11.3. The molecule has 0 amide bonds. The Morgan fingerprint density at radius 3 is 2.88 bits per heavy atom. The highest BCUT2D eigenvalue weighted by molar-refractivity contribution is 6.31. The number of hydrogen-bond donors (Lipinski definition) is 2. The van der Waals surface area contributed by atoms with Gasteiger partial charge in [0.05, 0.1) is 5.52 Å². The topological polar surface area (TPSA) is 83.0 Å². The second-order valence-electron chi connectivity index (χ2n) is 3.31. The van der Waals surface area contributed by atoms with Gasteiger partial charge in [0.2, 0.25) is 0 Å². The van der Waals surface area contributed by atoms with E-state index in [0.29, 0.717) is 21.6 Å². The van der Waals surface area contributed by atoms with Crippen LogP contribution in [0.5, 0.6) is 0 Å². The van der Waals surface area contributed by atoms with Crippen molar-refractivity contribution in [3.05, 3.63) is 44.2 Å². The number of hydrogen-bond acceptors (Lipinski definition) is 3. The fraction of sp³-hybridized carbons (Fsp3) is 0. The number of halogens is 1. The Bertz CT molecular complexity index is 814. The van der Waals surface area contributed by atoms with Gasteiger partial charge in [0, 0.05) is 10.4 Å². The Balaban J connectivity index is 2.70. The van der Waals surface area contributed by atoms with E-state index in [2.05, 4.69) is 15.2 Å². The van der Waals surface area contributed by atoms with Crippen LogP contribution >= 0.6 is 11.6 Å². The fourth-order valence-corrected chi connectivity index (χ4v) is 1.82. The Hall–Kier alpha value is -2.08. The largest absolute Gasteiger partial charge is 0.351 e. The van der Waals surface area contributed by atoms with Crippen LogP contribution < -0.4 is 11.4 Å². The van der Waals surface area contributed by atoms with Gasteiger partial charge < -0.3 is 4.98 Å². The maximum Gasteiger partial charge on any atom is 0.351 e. The third-order valence-electron chi connectivity index (χ3n) is 2.34. The molecule has 2 aromatic heterocycles. The average molecular weight is 237 g/mol. The lowest BCUT2D eigenvalue weighted by atomic mass is 10.2. The van der Waals surface area contributed by atoms with Crippen molar-refractivity contribution in [2.24, 2.45) is 0 Å². The molecule has 0 atom stereocenters. The summed E-state index contributed by atoms with van der Waals surface area (Å²) in [6.07, 6.45) is 0. The van der Waals surface area contributed by atoms with E-state index >= 15 is 0 Å². The number of rotatable bonds is 0. The summed E-state index contributed by atoms with van der Waals surface area (Å²) in [7, 11) is 0. The number of nitrogens with one attached hydrogen (secondary N) is 2. The molecule has 3 aromatic rings. The second-order valence-corrected chi connectivity index (χ2v) is 3.74. The lowest BCUT2D eigenvalue weighted by Gasteiger charge is -1.99.